The van der Waals surface area contributed by atoms with E-state index in [1.807, 2.05) is 25.1 Å². The number of benzene rings is 1. The van der Waals surface area contributed by atoms with Gasteiger partial charge >= 0.3 is 0 Å². The number of nitrogens with one attached hydrogen (secondary N) is 1. The Morgan fingerprint density at radius 1 is 1.36 bits per heavy atom. The molecule has 0 saturated heterocycles. The van der Waals surface area contributed by atoms with Crippen LogP contribution < -0.4 is 10.5 Å². The molecule has 3 N–H and O–H groups in total. The van der Waals surface area contributed by atoms with Crippen molar-refractivity contribution in [2.45, 2.75) is 18.4 Å². The number of guanidine groups is 1. The number of thioether (sulfide) groups is 1. The van der Waals surface area contributed by atoms with Gasteiger partial charge in [-0.1, -0.05) is 12.1 Å². The van der Waals surface area contributed by atoms with E-state index in [9.17, 15) is 8.42 Å². The number of nitrogens with zero attached hydrogens (tertiary/aromatic N) is 2. The molecule has 22 heavy (non-hydrogen) atoms. The zero-order chi connectivity index (χ0) is 16.6. The third-order valence-corrected chi connectivity index (χ3v) is 4.41. The van der Waals surface area contributed by atoms with Crippen molar-refractivity contribution in [3.8, 4) is 0 Å². The molecule has 0 fully saturated rings. The lowest BCUT2D eigenvalue weighted by atomic mass is 10.2. The third-order valence-electron chi connectivity index (χ3n) is 2.91. The molecular formula is C14H24N4O2S2. The second-order valence-electron chi connectivity index (χ2n) is 4.81. The predicted molar refractivity (Wildman–Crippen MR) is 93.6 cm³/mol. The molecule has 0 bridgehead atoms. The lowest BCUT2D eigenvalue weighted by Crippen LogP contribution is -2.39. The summed E-state index contributed by atoms with van der Waals surface area (Å²) in [4.78, 5) is 7.48. The van der Waals surface area contributed by atoms with Gasteiger partial charge in [0.25, 0.3) is 0 Å². The van der Waals surface area contributed by atoms with Crippen molar-refractivity contribution >= 4 is 27.7 Å². The summed E-state index contributed by atoms with van der Waals surface area (Å²) in [7, 11) is -1.57. The number of rotatable bonds is 7. The second kappa shape index (κ2) is 9.02. The Hall–Kier alpha value is -1.25. The van der Waals surface area contributed by atoms with Gasteiger partial charge in [-0.2, -0.15) is 0 Å². The average Bonchev–Trinajstić information content (AvgIpc) is 2.46. The van der Waals surface area contributed by atoms with E-state index in [4.69, 9.17) is 5.14 Å². The van der Waals surface area contributed by atoms with Crippen molar-refractivity contribution < 1.29 is 8.42 Å². The Balaban J connectivity index is 2.70. The van der Waals surface area contributed by atoms with Crippen molar-refractivity contribution in [1.29, 1.82) is 0 Å². The van der Waals surface area contributed by atoms with E-state index in [0.29, 0.717) is 19.0 Å². The van der Waals surface area contributed by atoms with Crippen LogP contribution in [0.1, 0.15) is 12.5 Å². The molecule has 1 rings (SSSR count). The van der Waals surface area contributed by atoms with E-state index >= 15 is 0 Å². The minimum absolute atomic E-state index is 0.150. The van der Waals surface area contributed by atoms with Crippen LogP contribution in [0.5, 0.6) is 0 Å². The number of aliphatic imine (C=N–C) groups is 1. The van der Waals surface area contributed by atoms with Crippen LogP contribution in [0, 0.1) is 0 Å². The van der Waals surface area contributed by atoms with Crippen LogP contribution in [-0.4, -0.2) is 51.4 Å². The molecule has 8 heteroatoms. The zero-order valence-electron chi connectivity index (χ0n) is 13.2. The lowest BCUT2D eigenvalue weighted by Gasteiger charge is -2.22. The standard InChI is InChI=1S/C14H24N4O2S2/c1-4-16-14(17-9-10-22(15,19)20)18(2)11-12-5-7-13(21-3)8-6-12/h5-8H,4,9-11H2,1-3H3,(H,16,17)(H2,15,19,20). The maximum Gasteiger partial charge on any atom is 0.210 e. The topological polar surface area (TPSA) is 87.8 Å². The Bertz CT molecular complexity index is 585. The van der Waals surface area contributed by atoms with E-state index < -0.39 is 10.0 Å². The van der Waals surface area contributed by atoms with Gasteiger partial charge in [0.1, 0.15) is 0 Å². The van der Waals surface area contributed by atoms with E-state index in [-0.39, 0.29) is 12.3 Å². The molecule has 0 aliphatic rings. The highest BCUT2D eigenvalue weighted by Crippen LogP contribution is 2.15. The van der Waals surface area contributed by atoms with Gasteiger partial charge < -0.3 is 10.2 Å². The fourth-order valence-electron chi connectivity index (χ4n) is 1.83. The summed E-state index contributed by atoms with van der Waals surface area (Å²) in [6.45, 7) is 3.52. The van der Waals surface area contributed by atoms with Crippen LogP contribution in [0.3, 0.4) is 0 Å². The molecule has 0 unspecified atom stereocenters. The fraction of sp³-hybridized carbons (Fsp3) is 0.500. The molecule has 0 spiro atoms. The van der Waals surface area contributed by atoms with Gasteiger partial charge in [0.15, 0.2) is 5.96 Å². The summed E-state index contributed by atoms with van der Waals surface area (Å²) < 4.78 is 21.9. The zero-order valence-corrected chi connectivity index (χ0v) is 14.9. The highest BCUT2D eigenvalue weighted by molar-refractivity contribution is 7.98. The van der Waals surface area contributed by atoms with Crippen molar-refractivity contribution in [2.24, 2.45) is 10.1 Å². The van der Waals surface area contributed by atoms with Gasteiger partial charge in [-0.05, 0) is 30.9 Å². The van der Waals surface area contributed by atoms with E-state index in [2.05, 4.69) is 34.6 Å². The van der Waals surface area contributed by atoms with Crippen LogP contribution in [0.25, 0.3) is 0 Å². The Morgan fingerprint density at radius 2 is 2.00 bits per heavy atom. The molecule has 6 nitrogen and oxygen atoms in total. The monoisotopic (exact) mass is 344 g/mol. The highest BCUT2D eigenvalue weighted by atomic mass is 32.2. The summed E-state index contributed by atoms with van der Waals surface area (Å²) in [6, 6.07) is 8.32. The van der Waals surface area contributed by atoms with Gasteiger partial charge in [0.05, 0.1) is 12.3 Å². The summed E-state index contributed by atoms with van der Waals surface area (Å²) >= 11 is 1.71. The normalized spacial score (nSPS) is 12.3. The van der Waals surface area contributed by atoms with E-state index in [1.54, 1.807) is 11.8 Å². The van der Waals surface area contributed by atoms with Crippen molar-refractivity contribution in [1.82, 2.24) is 10.2 Å². The molecule has 0 aliphatic heterocycles. The largest absolute Gasteiger partial charge is 0.357 e. The SMILES string of the molecule is CCNC(=NCCS(N)(=O)=O)N(C)Cc1ccc(SC)cc1. The van der Waals surface area contributed by atoms with Gasteiger partial charge in [-0.15, -0.1) is 11.8 Å². The highest BCUT2D eigenvalue weighted by Gasteiger charge is 2.08. The molecule has 0 heterocycles. The summed E-state index contributed by atoms with van der Waals surface area (Å²) in [5.74, 6) is 0.512. The molecule has 1 aromatic rings. The van der Waals surface area contributed by atoms with E-state index in [1.165, 1.54) is 4.90 Å². The van der Waals surface area contributed by atoms with Gasteiger partial charge in [0, 0.05) is 25.0 Å². The lowest BCUT2D eigenvalue weighted by molar-refractivity contribution is 0.477. The first-order chi connectivity index (χ1) is 10.4. The number of hydrogen-bond acceptors (Lipinski definition) is 4. The summed E-state index contributed by atoms with van der Waals surface area (Å²) in [6.07, 6.45) is 2.04. The first kappa shape index (κ1) is 18.8. The number of hydrogen-bond donors (Lipinski definition) is 2. The number of nitrogens with two attached hydrogens (primary N) is 1. The maximum atomic E-state index is 11.0. The Labute approximate surface area is 137 Å². The first-order valence-electron chi connectivity index (χ1n) is 6.98. The number of sulfonamides is 1. The molecule has 124 valence electrons. The van der Waals surface area contributed by atoms with Crippen molar-refractivity contribution in [3.63, 3.8) is 0 Å². The molecule has 1 aromatic carbocycles. The molecular weight excluding hydrogens is 320 g/mol. The Kier molecular flexibility index (Phi) is 7.70. The van der Waals surface area contributed by atoms with Gasteiger partial charge in [0.2, 0.25) is 10.0 Å². The maximum absolute atomic E-state index is 11.0. The molecule has 0 amide bonds. The number of primary sulfonamides is 1. The summed E-state index contributed by atoms with van der Waals surface area (Å²) in [5.41, 5.74) is 1.16. The molecule has 0 aliphatic carbocycles. The first-order valence-corrected chi connectivity index (χ1v) is 9.92. The van der Waals surface area contributed by atoms with Crippen LogP contribution in [0.2, 0.25) is 0 Å². The third kappa shape index (κ3) is 7.15. The van der Waals surface area contributed by atoms with Crippen molar-refractivity contribution in [3.05, 3.63) is 29.8 Å². The average molecular weight is 345 g/mol. The van der Waals surface area contributed by atoms with Gasteiger partial charge in [-0.25, -0.2) is 13.6 Å². The molecule has 0 aromatic heterocycles. The molecule has 0 atom stereocenters. The van der Waals surface area contributed by atoms with Crippen LogP contribution in [0.4, 0.5) is 0 Å². The molecule has 0 saturated carbocycles. The predicted octanol–water partition coefficient (Wildman–Crippen LogP) is 1.09. The second-order valence-corrected chi connectivity index (χ2v) is 7.42. The van der Waals surface area contributed by atoms with E-state index in [0.717, 1.165) is 5.56 Å². The van der Waals surface area contributed by atoms with Crippen molar-refractivity contribution in [2.75, 3.05) is 32.1 Å². The Morgan fingerprint density at radius 3 is 2.50 bits per heavy atom. The smallest absolute Gasteiger partial charge is 0.210 e. The minimum atomic E-state index is -3.48. The molecule has 0 radical (unpaired) electrons. The van der Waals surface area contributed by atoms with Crippen LogP contribution >= 0.6 is 11.8 Å². The van der Waals surface area contributed by atoms with Crippen LogP contribution in [-0.2, 0) is 16.6 Å². The quantitative estimate of drug-likeness (QED) is 0.439. The van der Waals surface area contributed by atoms with Crippen LogP contribution in [0.15, 0.2) is 34.2 Å². The summed E-state index contributed by atoms with van der Waals surface area (Å²) in [5, 5.41) is 8.14. The fourth-order valence-corrected chi connectivity index (χ4v) is 2.58. The minimum Gasteiger partial charge on any atom is -0.357 e. The van der Waals surface area contributed by atoms with Gasteiger partial charge in [-0.3, -0.25) is 4.99 Å².